The van der Waals surface area contributed by atoms with Crippen LogP contribution in [0.3, 0.4) is 0 Å². The number of hydrogen-bond acceptors (Lipinski definition) is 4. The van der Waals surface area contributed by atoms with Crippen molar-refractivity contribution in [3.63, 3.8) is 0 Å². The molecule has 0 spiro atoms. The highest BCUT2D eigenvalue weighted by Crippen LogP contribution is 2.37. The van der Waals surface area contributed by atoms with Gasteiger partial charge in [0.2, 0.25) is 0 Å². The van der Waals surface area contributed by atoms with Crippen LogP contribution in [-0.4, -0.2) is 33.2 Å². The van der Waals surface area contributed by atoms with Gasteiger partial charge in [-0.3, -0.25) is 4.79 Å². The van der Waals surface area contributed by atoms with Crippen molar-refractivity contribution in [2.75, 3.05) is 12.3 Å². The number of rotatable bonds is 6. The Morgan fingerprint density at radius 2 is 1.81 bits per heavy atom. The molecule has 6 nitrogen and oxygen atoms in total. The average molecular weight is 549 g/mol. The molecule has 0 aliphatic carbocycles. The highest BCUT2D eigenvalue weighted by Gasteiger charge is 2.40. The molecule has 36 heavy (non-hydrogen) atoms. The zero-order valence-electron chi connectivity index (χ0n) is 20.0. The van der Waals surface area contributed by atoms with E-state index >= 15 is 0 Å². The maximum absolute atomic E-state index is 14.0. The van der Waals surface area contributed by atoms with Gasteiger partial charge in [-0.1, -0.05) is 51.8 Å². The van der Waals surface area contributed by atoms with Crippen molar-refractivity contribution in [2.45, 2.75) is 32.6 Å². The molecule has 3 aromatic carbocycles. The lowest BCUT2D eigenvalue weighted by atomic mass is 10.0. The first-order chi connectivity index (χ1) is 17.3. The fourth-order valence-electron chi connectivity index (χ4n) is 4.35. The standard InChI is InChI=1S/C28H26BrFN4O2/c1-17-3-6-20(7-4-17)26-23(16-34(32-26)22-10-8-21(29)9-11-22)28-33(27(35)18(2)36-28)14-13-19-5-12-25(31)24(30)15-19/h3-12,15-16,18,28H,13-14,31H2,1-2H3/t18-,28+/m1/s1. The molecule has 1 aromatic heterocycles. The topological polar surface area (TPSA) is 73.4 Å². The molecule has 184 valence electrons. The molecule has 1 amide bonds. The van der Waals surface area contributed by atoms with Crippen LogP contribution in [0.2, 0.25) is 0 Å². The lowest BCUT2D eigenvalue weighted by Crippen LogP contribution is -2.32. The van der Waals surface area contributed by atoms with E-state index in [0.29, 0.717) is 13.0 Å². The first-order valence-electron chi connectivity index (χ1n) is 11.7. The molecule has 1 aliphatic rings. The van der Waals surface area contributed by atoms with Crippen molar-refractivity contribution >= 4 is 27.5 Å². The summed E-state index contributed by atoms with van der Waals surface area (Å²) in [5, 5.41) is 4.90. The van der Waals surface area contributed by atoms with Crippen LogP contribution in [0, 0.1) is 12.7 Å². The number of hydrogen-bond donors (Lipinski definition) is 1. The molecule has 1 aliphatic heterocycles. The van der Waals surface area contributed by atoms with Crippen LogP contribution in [0.5, 0.6) is 0 Å². The summed E-state index contributed by atoms with van der Waals surface area (Å²) in [6.07, 6.45) is 1.17. The van der Waals surface area contributed by atoms with E-state index in [4.69, 9.17) is 15.6 Å². The first kappa shape index (κ1) is 24.2. The number of nitrogen functional groups attached to an aromatic ring is 1. The van der Waals surface area contributed by atoms with E-state index in [0.717, 1.165) is 38.1 Å². The Balaban J connectivity index is 1.53. The minimum absolute atomic E-state index is 0.105. The van der Waals surface area contributed by atoms with E-state index in [-0.39, 0.29) is 11.6 Å². The number of amides is 1. The van der Waals surface area contributed by atoms with Crippen LogP contribution < -0.4 is 5.73 Å². The van der Waals surface area contributed by atoms with Crippen LogP contribution in [0.1, 0.15) is 29.8 Å². The molecule has 2 N–H and O–H groups in total. The minimum atomic E-state index is -0.619. The van der Waals surface area contributed by atoms with Crippen LogP contribution in [-0.2, 0) is 16.0 Å². The number of carbonyl (C=O) groups excluding carboxylic acids is 1. The summed E-state index contributed by atoms with van der Waals surface area (Å²) in [4.78, 5) is 14.8. The summed E-state index contributed by atoms with van der Waals surface area (Å²) in [6.45, 7) is 4.16. The Morgan fingerprint density at radius 3 is 2.50 bits per heavy atom. The summed E-state index contributed by atoms with van der Waals surface area (Å²) in [5.74, 6) is -0.569. The van der Waals surface area contributed by atoms with Gasteiger partial charge in [-0.25, -0.2) is 9.07 Å². The maximum atomic E-state index is 14.0. The molecule has 8 heteroatoms. The van der Waals surface area contributed by atoms with Gasteiger partial charge in [-0.05, 0) is 62.2 Å². The molecule has 0 unspecified atom stereocenters. The van der Waals surface area contributed by atoms with Crippen LogP contribution >= 0.6 is 15.9 Å². The Kier molecular flexibility index (Phi) is 6.64. The second-order valence-electron chi connectivity index (χ2n) is 8.99. The van der Waals surface area contributed by atoms with Crippen LogP contribution in [0.25, 0.3) is 16.9 Å². The van der Waals surface area contributed by atoms with Crippen molar-refractivity contribution in [2.24, 2.45) is 0 Å². The maximum Gasteiger partial charge on any atom is 0.253 e. The number of nitrogens with zero attached hydrogens (tertiary/aromatic N) is 3. The van der Waals surface area contributed by atoms with Gasteiger partial charge in [0.05, 0.1) is 11.4 Å². The summed E-state index contributed by atoms with van der Waals surface area (Å²) in [6, 6.07) is 20.7. The molecule has 0 radical (unpaired) electrons. The highest BCUT2D eigenvalue weighted by molar-refractivity contribution is 9.10. The van der Waals surface area contributed by atoms with Gasteiger partial charge >= 0.3 is 0 Å². The molecule has 2 heterocycles. The number of carbonyl (C=O) groups is 1. The number of benzene rings is 3. The normalized spacial score (nSPS) is 17.7. The third-order valence-electron chi connectivity index (χ3n) is 6.38. The number of anilines is 1. The molecule has 1 fully saturated rings. The fraction of sp³-hybridized carbons (Fsp3) is 0.214. The third-order valence-corrected chi connectivity index (χ3v) is 6.91. The molecule has 5 rings (SSSR count). The fourth-order valence-corrected chi connectivity index (χ4v) is 4.61. The zero-order chi connectivity index (χ0) is 25.4. The quantitative estimate of drug-likeness (QED) is 0.308. The van der Waals surface area contributed by atoms with E-state index in [1.54, 1.807) is 28.6 Å². The Bertz CT molecular complexity index is 1400. The van der Waals surface area contributed by atoms with E-state index < -0.39 is 18.1 Å². The molecular weight excluding hydrogens is 523 g/mol. The smallest absolute Gasteiger partial charge is 0.253 e. The first-order valence-corrected chi connectivity index (χ1v) is 12.5. The highest BCUT2D eigenvalue weighted by atomic mass is 79.9. The van der Waals surface area contributed by atoms with Crippen molar-refractivity contribution in [3.05, 3.63) is 99.9 Å². The van der Waals surface area contributed by atoms with E-state index in [1.807, 2.05) is 61.7 Å². The number of ether oxygens (including phenoxy) is 1. The molecule has 1 saturated heterocycles. The lowest BCUT2D eigenvalue weighted by molar-refractivity contribution is -0.130. The Morgan fingerprint density at radius 1 is 1.08 bits per heavy atom. The minimum Gasteiger partial charge on any atom is -0.396 e. The van der Waals surface area contributed by atoms with Gasteiger partial charge < -0.3 is 15.4 Å². The summed E-state index contributed by atoms with van der Waals surface area (Å²) >= 11 is 3.48. The van der Waals surface area contributed by atoms with Crippen LogP contribution in [0.4, 0.5) is 10.1 Å². The van der Waals surface area contributed by atoms with Gasteiger partial charge in [-0.15, -0.1) is 0 Å². The van der Waals surface area contributed by atoms with E-state index in [2.05, 4.69) is 15.9 Å². The van der Waals surface area contributed by atoms with Gasteiger partial charge in [0.1, 0.15) is 17.6 Å². The third kappa shape index (κ3) is 4.79. The predicted molar refractivity (Wildman–Crippen MR) is 141 cm³/mol. The van der Waals surface area contributed by atoms with Crippen molar-refractivity contribution < 1.29 is 13.9 Å². The zero-order valence-corrected chi connectivity index (χ0v) is 21.6. The molecular formula is C28H26BrFN4O2. The average Bonchev–Trinajstić information content (AvgIpc) is 3.42. The molecule has 4 aromatic rings. The Labute approximate surface area is 217 Å². The second kappa shape index (κ2) is 9.87. The van der Waals surface area contributed by atoms with Gasteiger partial charge in [0.15, 0.2) is 6.23 Å². The second-order valence-corrected chi connectivity index (χ2v) is 9.90. The van der Waals surface area contributed by atoms with Crippen molar-refractivity contribution in [1.29, 1.82) is 0 Å². The van der Waals surface area contributed by atoms with Gasteiger partial charge in [-0.2, -0.15) is 5.10 Å². The van der Waals surface area contributed by atoms with Crippen molar-refractivity contribution in [3.8, 4) is 16.9 Å². The predicted octanol–water partition coefficient (Wildman–Crippen LogP) is 5.82. The number of aryl methyl sites for hydroxylation is 1. The number of aromatic nitrogens is 2. The van der Waals surface area contributed by atoms with Gasteiger partial charge in [0, 0.05) is 28.3 Å². The summed E-state index contributed by atoms with van der Waals surface area (Å²) in [5.41, 5.74) is 11.0. The van der Waals surface area contributed by atoms with E-state index in [1.165, 1.54) is 6.07 Å². The monoisotopic (exact) mass is 548 g/mol. The molecule has 2 atom stereocenters. The Hall–Kier alpha value is -3.49. The molecule has 0 bridgehead atoms. The molecule has 0 saturated carbocycles. The van der Waals surface area contributed by atoms with E-state index in [9.17, 15) is 9.18 Å². The number of nitrogens with two attached hydrogens (primary N) is 1. The summed E-state index contributed by atoms with van der Waals surface area (Å²) < 4.78 is 22.9. The van der Waals surface area contributed by atoms with Gasteiger partial charge in [0.25, 0.3) is 5.91 Å². The summed E-state index contributed by atoms with van der Waals surface area (Å²) in [7, 11) is 0. The largest absolute Gasteiger partial charge is 0.396 e. The SMILES string of the molecule is Cc1ccc(-c2nn(-c3ccc(Br)cc3)cc2[C@@H]2O[C@H](C)C(=O)N2CCc2ccc(N)c(F)c2)cc1. The van der Waals surface area contributed by atoms with Crippen LogP contribution in [0.15, 0.2) is 77.4 Å². The van der Waals surface area contributed by atoms with Crippen molar-refractivity contribution in [1.82, 2.24) is 14.7 Å². The number of halogens is 2. The lowest BCUT2D eigenvalue weighted by Gasteiger charge is -2.23.